The van der Waals surface area contributed by atoms with Crippen molar-refractivity contribution in [1.29, 1.82) is 0 Å². The molecule has 2 aromatic carbocycles. The summed E-state index contributed by atoms with van der Waals surface area (Å²) >= 11 is 0. The number of carbonyl (C=O) groups excluding carboxylic acids is 1. The van der Waals surface area contributed by atoms with Gasteiger partial charge in [-0.2, -0.15) is 0 Å². The molecule has 0 bridgehead atoms. The number of aromatic nitrogens is 2. The van der Waals surface area contributed by atoms with Gasteiger partial charge in [0, 0.05) is 13.6 Å². The summed E-state index contributed by atoms with van der Waals surface area (Å²) in [6.45, 7) is 4.59. The third-order valence-corrected chi connectivity index (χ3v) is 4.02. The van der Waals surface area contributed by atoms with E-state index in [1.54, 1.807) is 12.3 Å². The molecule has 1 aromatic heterocycles. The van der Waals surface area contributed by atoms with E-state index in [1.807, 2.05) is 62.2 Å². The third kappa shape index (κ3) is 5.07. The Morgan fingerprint density at radius 3 is 2.43 bits per heavy atom. The molecule has 6 nitrogen and oxygen atoms in total. The lowest BCUT2D eigenvalue weighted by Gasteiger charge is -2.18. The second kappa shape index (κ2) is 8.99. The van der Waals surface area contributed by atoms with Crippen LogP contribution in [0.3, 0.4) is 0 Å². The smallest absolute Gasteiger partial charge is 0.275 e. The molecule has 0 spiro atoms. The van der Waals surface area contributed by atoms with E-state index in [9.17, 15) is 4.79 Å². The summed E-state index contributed by atoms with van der Waals surface area (Å²) in [5, 5.41) is 2.84. The molecule has 1 amide bonds. The maximum absolute atomic E-state index is 12.5. The predicted octanol–water partition coefficient (Wildman–Crippen LogP) is 4.15. The molecule has 0 saturated heterocycles. The summed E-state index contributed by atoms with van der Waals surface area (Å²) in [6, 6.07) is 17.4. The van der Waals surface area contributed by atoms with Gasteiger partial charge in [-0.1, -0.05) is 42.5 Å². The van der Waals surface area contributed by atoms with E-state index in [-0.39, 0.29) is 17.7 Å². The van der Waals surface area contributed by atoms with Crippen LogP contribution in [0.15, 0.2) is 67.0 Å². The molecule has 1 N–H and O–H groups in total. The molecule has 3 rings (SSSR count). The van der Waals surface area contributed by atoms with Crippen molar-refractivity contribution in [1.82, 2.24) is 9.97 Å². The lowest BCUT2D eigenvalue weighted by Crippen LogP contribution is -2.20. The van der Waals surface area contributed by atoms with Gasteiger partial charge in [0.2, 0.25) is 0 Å². The highest BCUT2D eigenvalue weighted by Gasteiger charge is 2.13. The van der Waals surface area contributed by atoms with Crippen LogP contribution in [0.2, 0.25) is 0 Å². The van der Waals surface area contributed by atoms with Crippen LogP contribution in [0.1, 0.15) is 29.9 Å². The highest BCUT2D eigenvalue weighted by Crippen LogP contribution is 2.25. The molecule has 0 radical (unpaired) electrons. The molecular formula is C22H24N4O2. The molecule has 0 saturated carbocycles. The average Bonchev–Trinajstić information content (AvgIpc) is 2.70. The number of benzene rings is 2. The van der Waals surface area contributed by atoms with Gasteiger partial charge in [-0.25, -0.2) is 9.97 Å². The van der Waals surface area contributed by atoms with Gasteiger partial charge in [0.15, 0.2) is 0 Å². The average molecular weight is 376 g/mol. The Bertz CT molecular complexity index is 911. The number of para-hydroxylation sites is 2. The molecule has 3 aromatic rings. The van der Waals surface area contributed by atoms with Crippen LogP contribution in [0, 0.1) is 0 Å². The summed E-state index contributed by atoms with van der Waals surface area (Å²) in [4.78, 5) is 23.2. The molecule has 144 valence electrons. The molecule has 0 atom stereocenters. The van der Waals surface area contributed by atoms with E-state index >= 15 is 0 Å². The van der Waals surface area contributed by atoms with E-state index in [1.165, 1.54) is 11.8 Å². The second-order valence-corrected chi connectivity index (χ2v) is 6.72. The Kier molecular flexibility index (Phi) is 6.22. The summed E-state index contributed by atoms with van der Waals surface area (Å²) in [5.41, 5.74) is 2.03. The third-order valence-electron chi connectivity index (χ3n) is 4.02. The minimum absolute atomic E-state index is 0.0114. The van der Waals surface area contributed by atoms with Gasteiger partial charge in [0.05, 0.1) is 24.2 Å². The zero-order valence-electron chi connectivity index (χ0n) is 16.3. The van der Waals surface area contributed by atoms with Gasteiger partial charge >= 0.3 is 0 Å². The van der Waals surface area contributed by atoms with Crippen LogP contribution in [-0.2, 0) is 6.54 Å². The van der Waals surface area contributed by atoms with Crippen molar-refractivity contribution >= 4 is 17.4 Å². The zero-order chi connectivity index (χ0) is 19.9. The van der Waals surface area contributed by atoms with Crippen LogP contribution in [0.25, 0.3) is 0 Å². The zero-order valence-corrected chi connectivity index (χ0v) is 16.3. The number of anilines is 2. The fourth-order valence-electron chi connectivity index (χ4n) is 2.69. The highest BCUT2D eigenvalue weighted by atomic mass is 16.5. The standard InChI is InChI=1S/C22H24N4O2/c1-16(2)28-20-12-8-7-11-18(20)25-22(27)19-13-24-21(14-23-19)26(3)15-17-9-5-4-6-10-17/h4-14,16H,15H2,1-3H3,(H,25,27). The fourth-order valence-corrected chi connectivity index (χ4v) is 2.69. The summed E-state index contributed by atoms with van der Waals surface area (Å²) < 4.78 is 5.73. The quantitative estimate of drug-likeness (QED) is 0.671. The second-order valence-electron chi connectivity index (χ2n) is 6.72. The van der Waals surface area contributed by atoms with E-state index in [0.717, 1.165) is 0 Å². The SMILES string of the molecule is CC(C)Oc1ccccc1NC(=O)c1cnc(N(C)Cc2ccccc2)cn1. The topological polar surface area (TPSA) is 67.3 Å². The minimum Gasteiger partial charge on any atom is -0.489 e. The first-order valence-corrected chi connectivity index (χ1v) is 9.17. The monoisotopic (exact) mass is 376 g/mol. The number of amides is 1. The Balaban J connectivity index is 1.67. The minimum atomic E-state index is -0.329. The number of carbonyl (C=O) groups is 1. The fraction of sp³-hybridized carbons (Fsp3) is 0.227. The normalized spacial score (nSPS) is 10.6. The van der Waals surface area contributed by atoms with Crippen molar-refractivity contribution in [3.05, 3.63) is 78.2 Å². The van der Waals surface area contributed by atoms with Crippen molar-refractivity contribution in [3.8, 4) is 5.75 Å². The van der Waals surface area contributed by atoms with E-state index in [2.05, 4.69) is 27.4 Å². The largest absolute Gasteiger partial charge is 0.489 e. The Labute approximate surface area is 165 Å². The lowest BCUT2D eigenvalue weighted by atomic mass is 10.2. The number of ether oxygens (including phenoxy) is 1. The molecule has 6 heteroatoms. The molecule has 0 fully saturated rings. The van der Waals surface area contributed by atoms with Crippen LogP contribution in [0.5, 0.6) is 5.75 Å². The number of nitrogens with one attached hydrogen (secondary N) is 1. The molecule has 0 unspecified atom stereocenters. The lowest BCUT2D eigenvalue weighted by molar-refractivity contribution is 0.102. The summed E-state index contributed by atoms with van der Waals surface area (Å²) in [6.07, 6.45) is 3.10. The van der Waals surface area contributed by atoms with Gasteiger partial charge in [0.1, 0.15) is 17.3 Å². The molecule has 0 aliphatic rings. The first kappa shape index (κ1) is 19.4. The summed E-state index contributed by atoms with van der Waals surface area (Å²) in [7, 11) is 1.94. The van der Waals surface area contributed by atoms with Gasteiger partial charge in [-0.05, 0) is 31.5 Å². The Morgan fingerprint density at radius 1 is 1.04 bits per heavy atom. The molecule has 0 aliphatic carbocycles. The number of rotatable bonds is 7. The number of hydrogen-bond acceptors (Lipinski definition) is 5. The van der Waals surface area contributed by atoms with Crippen molar-refractivity contribution in [2.45, 2.75) is 26.5 Å². The maximum atomic E-state index is 12.5. The molecule has 28 heavy (non-hydrogen) atoms. The van der Waals surface area contributed by atoms with Crippen LogP contribution in [0.4, 0.5) is 11.5 Å². The molecule has 1 heterocycles. The van der Waals surface area contributed by atoms with Gasteiger partial charge < -0.3 is 15.0 Å². The van der Waals surface area contributed by atoms with Crippen LogP contribution >= 0.6 is 0 Å². The van der Waals surface area contributed by atoms with Gasteiger partial charge in [-0.15, -0.1) is 0 Å². The Hall–Kier alpha value is -3.41. The maximum Gasteiger partial charge on any atom is 0.275 e. The van der Waals surface area contributed by atoms with Crippen LogP contribution < -0.4 is 15.0 Å². The number of hydrogen-bond donors (Lipinski definition) is 1. The van der Waals surface area contributed by atoms with E-state index in [4.69, 9.17) is 4.74 Å². The van der Waals surface area contributed by atoms with Gasteiger partial charge in [0.25, 0.3) is 5.91 Å². The Morgan fingerprint density at radius 2 is 1.75 bits per heavy atom. The molecule has 0 aliphatic heterocycles. The summed E-state index contributed by atoms with van der Waals surface area (Å²) in [5.74, 6) is 0.992. The van der Waals surface area contributed by atoms with Crippen LogP contribution in [-0.4, -0.2) is 29.0 Å². The van der Waals surface area contributed by atoms with Gasteiger partial charge in [-0.3, -0.25) is 4.79 Å². The van der Waals surface area contributed by atoms with E-state index < -0.39 is 0 Å². The predicted molar refractivity (Wildman–Crippen MR) is 111 cm³/mol. The first-order chi connectivity index (χ1) is 13.5. The van der Waals surface area contributed by atoms with Crippen molar-refractivity contribution in [3.63, 3.8) is 0 Å². The van der Waals surface area contributed by atoms with Crippen molar-refractivity contribution in [2.75, 3.05) is 17.3 Å². The number of nitrogens with zero attached hydrogens (tertiary/aromatic N) is 3. The van der Waals surface area contributed by atoms with Crippen molar-refractivity contribution in [2.24, 2.45) is 0 Å². The molecular weight excluding hydrogens is 352 g/mol. The highest BCUT2D eigenvalue weighted by molar-refractivity contribution is 6.03. The van der Waals surface area contributed by atoms with Crippen molar-refractivity contribution < 1.29 is 9.53 Å². The first-order valence-electron chi connectivity index (χ1n) is 9.17. The van der Waals surface area contributed by atoms with E-state index in [0.29, 0.717) is 23.8 Å².